The lowest BCUT2D eigenvalue weighted by Crippen LogP contribution is -2.52. The molecule has 0 aromatic rings. The Labute approximate surface area is 131 Å². The molecule has 2 amide bonds. The van der Waals surface area contributed by atoms with Gasteiger partial charge in [-0.1, -0.05) is 0 Å². The minimum absolute atomic E-state index is 0.171. The van der Waals surface area contributed by atoms with Gasteiger partial charge in [-0.2, -0.15) is 13.2 Å². The molecule has 1 aliphatic rings. The third-order valence-electron chi connectivity index (χ3n) is 2.73. The minimum Gasteiger partial charge on any atom is -0.372 e. The fraction of sp³-hybridized carbons (Fsp3) is 0.846. The highest BCUT2D eigenvalue weighted by molar-refractivity contribution is 7.99. The van der Waals surface area contributed by atoms with Crippen LogP contribution in [0.1, 0.15) is 27.2 Å². The summed E-state index contributed by atoms with van der Waals surface area (Å²) in [4.78, 5) is 25.6. The highest BCUT2D eigenvalue weighted by atomic mass is 32.2. The van der Waals surface area contributed by atoms with Crippen LogP contribution in [0.4, 0.5) is 13.2 Å². The third kappa shape index (κ3) is 6.87. The van der Waals surface area contributed by atoms with E-state index in [-0.39, 0.29) is 24.8 Å². The van der Waals surface area contributed by atoms with Gasteiger partial charge in [0.25, 0.3) is 0 Å². The van der Waals surface area contributed by atoms with Crippen molar-refractivity contribution >= 4 is 23.6 Å². The number of halogens is 3. The van der Waals surface area contributed by atoms with Crippen LogP contribution in [0.15, 0.2) is 0 Å². The van der Waals surface area contributed by atoms with Gasteiger partial charge in [-0.05, 0) is 20.8 Å². The molecule has 0 bridgehead atoms. The first-order chi connectivity index (χ1) is 9.99. The molecule has 1 fully saturated rings. The van der Waals surface area contributed by atoms with E-state index in [9.17, 15) is 22.8 Å². The van der Waals surface area contributed by atoms with Gasteiger partial charge >= 0.3 is 6.18 Å². The quantitative estimate of drug-likeness (QED) is 0.774. The van der Waals surface area contributed by atoms with Gasteiger partial charge in [-0.25, -0.2) is 0 Å². The third-order valence-corrected chi connectivity index (χ3v) is 3.74. The summed E-state index contributed by atoms with van der Waals surface area (Å²) in [5, 5.41) is 2.81. The van der Waals surface area contributed by atoms with Crippen molar-refractivity contribution in [3.05, 3.63) is 0 Å². The highest BCUT2D eigenvalue weighted by Gasteiger charge is 2.35. The second kappa shape index (κ2) is 7.54. The second-order valence-electron chi connectivity index (χ2n) is 6.04. The molecule has 0 aromatic carbocycles. The van der Waals surface area contributed by atoms with Crippen LogP contribution in [-0.2, 0) is 14.3 Å². The van der Waals surface area contributed by atoms with E-state index in [1.165, 1.54) is 16.7 Å². The van der Waals surface area contributed by atoms with Crippen LogP contribution in [-0.4, -0.2) is 59.3 Å². The van der Waals surface area contributed by atoms with Crippen LogP contribution in [0, 0.1) is 0 Å². The van der Waals surface area contributed by atoms with Gasteiger partial charge in [0.1, 0.15) is 12.6 Å². The smallest absolute Gasteiger partial charge is 0.372 e. The Bertz CT molecular complexity index is 410. The van der Waals surface area contributed by atoms with Gasteiger partial charge < -0.3 is 15.0 Å². The Morgan fingerprint density at radius 2 is 1.95 bits per heavy atom. The summed E-state index contributed by atoms with van der Waals surface area (Å²) in [5.74, 6) is 0.223. The topological polar surface area (TPSA) is 58.6 Å². The Balaban J connectivity index is 2.45. The predicted octanol–water partition coefficient (Wildman–Crippen LogP) is 1.77. The van der Waals surface area contributed by atoms with Crippen molar-refractivity contribution in [3.63, 3.8) is 0 Å². The number of nitrogens with one attached hydrogen (secondary N) is 1. The van der Waals surface area contributed by atoms with E-state index in [4.69, 9.17) is 0 Å². The lowest BCUT2D eigenvalue weighted by atomic mass is 10.1. The summed E-state index contributed by atoms with van der Waals surface area (Å²) in [6.45, 7) is 3.83. The zero-order valence-corrected chi connectivity index (χ0v) is 13.6. The molecular formula is C13H21F3N2O3S. The number of thioether (sulfide) groups is 1. The summed E-state index contributed by atoms with van der Waals surface area (Å²) in [6.07, 6.45) is -4.57. The van der Waals surface area contributed by atoms with E-state index in [1.54, 1.807) is 0 Å². The monoisotopic (exact) mass is 342 g/mol. The highest BCUT2D eigenvalue weighted by Crippen LogP contribution is 2.22. The van der Waals surface area contributed by atoms with Gasteiger partial charge in [-0.15, -0.1) is 11.8 Å². The number of alkyl halides is 3. The Morgan fingerprint density at radius 1 is 1.32 bits per heavy atom. The standard InChI is InChI=1S/C13H21F3N2O3S/c1-12(2,3)17-11(20)9-6-22-8-18(9)10(19)4-5-21-7-13(14,15)16/h9H,4-8H2,1-3H3,(H,17,20)/t9-/m1/s1. The molecule has 1 N–H and O–H groups in total. The molecule has 0 unspecified atom stereocenters. The summed E-state index contributed by atoms with van der Waals surface area (Å²) < 4.78 is 40.2. The van der Waals surface area contributed by atoms with Crippen molar-refractivity contribution in [2.75, 3.05) is 24.8 Å². The number of carbonyl (C=O) groups excluding carboxylic acids is 2. The molecular weight excluding hydrogens is 321 g/mol. The normalized spacial score (nSPS) is 19.4. The Kier molecular flexibility index (Phi) is 6.54. The maximum absolute atomic E-state index is 12.1. The zero-order valence-electron chi connectivity index (χ0n) is 12.8. The van der Waals surface area contributed by atoms with Gasteiger partial charge in [0.15, 0.2) is 0 Å². The number of carbonyl (C=O) groups is 2. The van der Waals surface area contributed by atoms with E-state index in [0.29, 0.717) is 11.6 Å². The molecule has 1 saturated heterocycles. The van der Waals surface area contributed by atoms with Gasteiger partial charge in [0.2, 0.25) is 11.8 Å². The Morgan fingerprint density at radius 3 is 2.50 bits per heavy atom. The molecule has 0 aromatic heterocycles. The van der Waals surface area contributed by atoms with E-state index in [1.807, 2.05) is 20.8 Å². The molecule has 0 saturated carbocycles. The fourth-order valence-corrected chi connectivity index (χ4v) is 3.03. The zero-order chi connectivity index (χ0) is 17.0. The van der Waals surface area contributed by atoms with Crippen LogP contribution in [0.5, 0.6) is 0 Å². The van der Waals surface area contributed by atoms with Crippen LogP contribution < -0.4 is 5.32 Å². The minimum atomic E-state index is -4.40. The van der Waals surface area contributed by atoms with Crippen molar-refractivity contribution < 1.29 is 27.5 Å². The lowest BCUT2D eigenvalue weighted by molar-refractivity contribution is -0.175. The predicted molar refractivity (Wildman–Crippen MR) is 77.3 cm³/mol. The number of rotatable bonds is 5. The van der Waals surface area contributed by atoms with Crippen LogP contribution >= 0.6 is 11.8 Å². The first kappa shape index (κ1) is 19.1. The van der Waals surface area contributed by atoms with E-state index in [2.05, 4.69) is 10.1 Å². The summed E-state index contributed by atoms with van der Waals surface area (Å²) in [6, 6.07) is -0.584. The lowest BCUT2D eigenvalue weighted by Gasteiger charge is -2.27. The Hall–Kier alpha value is -0.960. The molecule has 0 radical (unpaired) electrons. The summed E-state index contributed by atoms with van der Waals surface area (Å²) >= 11 is 1.44. The van der Waals surface area contributed by atoms with Gasteiger partial charge in [0, 0.05) is 11.3 Å². The van der Waals surface area contributed by atoms with Crippen molar-refractivity contribution in [3.8, 4) is 0 Å². The first-order valence-corrected chi connectivity index (χ1v) is 7.99. The number of hydrogen-bond donors (Lipinski definition) is 1. The summed E-state index contributed by atoms with van der Waals surface area (Å²) in [7, 11) is 0. The number of hydrogen-bond acceptors (Lipinski definition) is 4. The molecule has 5 nitrogen and oxygen atoms in total. The molecule has 1 atom stereocenters. The van der Waals surface area contributed by atoms with Gasteiger partial charge in [-0.3, -0.25) is 9.59 Å². The average Bonchev–Trinajstić information content (AvgIpc) is 2.80. The number of nitrogens with zero attached hydrogens (tertiary/aromatic N) is 1. The largest absolute Gasteiger partial charge is 0.411 e. The molecule has 1 aliphatic heterocycles. The molecule has 9 heteroatoms. The molecule has 128 valence electrons. The van der Waals surface area contributed by atoms with E-state index in [0.717, 1.165) is 0 Å². The number of amides is 2. The van der Waals surface area contributed by atoms with Crippen molar-refractivity contribution in [1.82, 2.24) is 10.2 Å². The van der Waals surface area contributed by atoms with Crippen molar-refractivity contribution in [2.45, 2.75) is 44.9 Å². The van der Waals surface area contributed by atoms with Crippen LogP contribution in [0.3, 0.4) is 0 Å². The fourth-order valence-electron chi connectivity index (χ4n) is 1.85. The second-order valence-corrected chi connectivity index (χ2v) is 7.04. The van der Waals surface area contributed by atoms with E-state index < -0.39 is 24.4 Å². The molecule has 22 heavy (non-hydrogen) atoms. The van der Waals surface area contributed by atoms with Crippen molar-refractivity contribution in [2.24, 2.45) is 0 Å². The van der Waals surface area contributed by atoms with Crippen LogP contribution in [0.2, 0.25) is 0 Å². The SMILES string of the molecule is CC(C)(C)NC(=O)[C@H]1CSCN1C(=O)CCOCC(F)(F)F. The maximum Gasteiger partial charge on any atom is 0.411 e. The van der Waals surface area contributed by atoms with Crippen LogP contribution in [0.25, 0.3) is 0 Å². The molecule has 0 spiro atoms. The first-order valence-electron chi connectivity index (χ1n) is 6.83. The molecule has 0 aliphatic carbocycles. The van der Waals surface area contributed by atoms with E-state index >= 15 is 0 Å². The number of ether oxygens (including phenoxy) is 1. The average molecular weight is 342 g/mol. The van der Waals surface area contributed by atoms with Crippen molar-refractivity contribution in [1.29, 1.82) is 0 Å². The summed E-state index contributed by atoms with van der Waals surface area (Å²) in [5.41, 5.74) is -0.408. The maximum atomic E-state index is 12.1. The molecule has 1 rings (SSSR count). The van der Waals surface area contributed by atoms with Gasteiger partial charge in [0.05, 0.1) is 18.9 Å². The molecule has 1 heterocycles.